The summed E-state index contributed by atoms with van der Waals surface area (Å²) in [7, 11) is 0. The lowest BCUT2D eigenvalue weighted by molar-refractivity contribution is -0.118. The largest absolute Gasteiger partial charge is 0.302 e. The third-order valence-electron chi connectivity index (χ3n) is 3.52. The van der Waals surface area contributed by atoms with Crippen LogP contribution in [0.1, 0.15) is 50.8 Å². The van der Waals surface area contributed by atoms with Crippen LogP contribution in [-0.2, 0) is 11.2 Å². The molecule has 1 heterocycles. The van der Waals surface area contributed by atoms with Crippen LogP contribution in [0.3, 0.4) is 0 Å². The van der Waals surface area contributed by atoms with Gasteiger partial charge in [0.15, 0.2) is 5.13 Å². The second-order valence-corrected chi connectivity index (χ2v) is 6.60. The average Bonchev–Trinajstić information content (AvgIpc) is 2.77. The molecule has 1 fully saturated rings. The van der Waals surface area contributed by atoms with E-state index in [9.17, 15) is 4.79 Å². The van der Waals surface area contributed by atoms with Gasteiger partial charge in [-0.3, -0.25) is 4.79 Å². The Morgan fingerprint density at radius 2 is 2.17 bits per heavy atom. The maximum absolute atomic E-state index is 11.6. The molecule has 0 spiro atoms. The van der Waals surface area contributed by atoms with E-state index in [1.54, 1.807) is 11.3 Å². The Morgan fingerprint density at radius 1 is 1.44 bits per heavy atom. The first-order valence-electron chi connectivity index (χ1n) is 6.90. The summed E-state index contributed by atoms with van der Waals surface area (Å²) in [5.74, 6) is 0.886. The molecule has 1 aromatic heterocycles. The number of nitrogens with zero attached hydrogens (tertiary/aromatic N) is 1. The minimum Gasteiger partial charge on any atom is -0.302 e. The molecule has 1 saturated carbocycles. The van der Waals surface area contributed by atoms with E-state index in [1.165, 1.54) is 37.0 Å². The maximum atomic E-state index is 11.6. The van der Waals surface area contributed by atoms with Crippen molar-refractivity contribution in [2.45, 2.75) is 52.4 Å². The first kappa shape index (κ1) is 13.5. The molecule has 1 aromatic rings. The van der Waals surface area contributed by atoms with E-state index in [1.807, 2.05) is 20.0 Å². The van der Waals surface area contributed by atoms with Crippen LogP contribution in [-0.4, -0.2) is 10.9 Å². The van der Waals surface area contributed by atoms with Crippen LogP contribution >= 0.6 is 11.3 Å². The van der Waals surface area contributed by atoms with Crippen molar-refractivity contribution in [1.82, 2.24) is 4.98 Å². The molecule has 0 unspecified atom stereocenters. The number of rotatable bonds is 4. The van der Waals surface area contributed by atoms with Crippen molar-refractivity contribution in [3.8, 4) is 0 Å². The number of aromatic nitrogens is 1. The van der Waals surface area contributed by atoms with E-state index in [2.05, 4.69) is 10.3 Å². The topological polar surface area (TPSA) is 42.0 Å². The van der Waals surface area contributed by atoms with Gasteiger partial charge in [-0.1, -0.05) is 46.0 Å². The molecule has 1 amide bonds. The fraction of sp³-hybridized carbons (Fsp3) is 0.714. The van der Waals surface area contributed by atoms with E-state index in [0.29, 0.717) is 0 Å². The quantitative estimate of drug-likeness (QED) is 0.899. The number of thiazole rings is 1. The second kappa shape index (κ2) is 6.32. The highest BCUT2D eigenvalue weighted by Crippen LogP contribution is 2.29. The van der Waals surface area contributed by atoms with Crippen molar-refractivity contribution in [3.05, 3.63) is 11.1 Å². The summed E-state index contributed by atoms with van der Waals surface area (Å²) in [6, 6.07) is 0. The van der Waals surface area contributed by atoms with Crippen LogP contribution in [0, 0.1) is 11.8 Å². The van der Waals surface area contributed by atoms with E-state index >= 15 is 0 Å². The van der Waals surface area contributed by atoms with Crippen LogP contribution in [0.2, 0.25) is 0 Å². The molecule has 1 aliphatic rings. The molecular formula is C14H22N2OS. The third-order valence-corrected chi connectivity index (χ3v) is 4.46. The van der Waals surface area contributed by atoms with Gasteiger partial charge in [0.1, 0.15) is 0 Å². The SMILES string of the molecule is CC(C)C(=O)Nc1ncc(CC2CCCCC2)s1. The highest BCUT2D eigenvalue weighted by molar-refractivity contribution is 7.15. The molecule has 100 valence electrons. The monoisotopic (exact) mass is 266 g/mol. The van der Waals surface area contributed by atoms with Crippen LogP contribution in [0.25, 0.3) is 0 Å². The fourth-order valence-electron chi connectivity index (χ4n) is 2.39. The zero-order chi connectivity index (χ0) is 13.0. The van der Waals surface area contributed by atoms with Gasteiger partial charge < -0.3 is 5.32 Å². The molecule has 0 aromatic carbocycles. The molecule has 4 heteroatoms. The standard InChI is InChI=1S/C14H22N2OS/c1-10(2)13(17)16-14-15-9-12(18-14)8-11-6-4-3-5-7-11/h9-11H,3-8H2,1-2H3,(H,15,16,17). The van der Waals surface area contributed by atoms with Crippen LogP contribution < -0.4 is 5.32 Å². The summed E-state index contributed by atoms with van der Waals surface area (Å²) < 4.78 is 0. The van der Waals surface area contributed by atoms with E-state index in [0.717, 1.165) is 17.5 Å². The zero-order valence-electron chi connectivity index (χ0n) is 11.2. The molecule has 0 radical (unpaired) electrons. The summed E-state index contributed by atoms with van der Waals surface area (Å²) in [5, 5.41) is 3.62. The van der Waals surface area contributed by atoms with Crippen molar-refractivity contribution < 1.29 is 4.79 Å². The number of amides is 1. The Balaban J connectivity index is 1.87. The number of carbonyl (C=O) groups excluding carboxylic acids is 1. The van der Waals surface area contributed by atoms with Crippen LogP contribution in [0.4, 0.5) is 5.13 Å². The Hall–Kier alpha value is -0.900. The normalized spacial score (nSPS) is 17.1. The maximum Gasteiger partial charge on any atom is 0.228 e. The van der Waals surface area contributed by atoms with E-state index in [4.69, 9.17) is 0 Å². The summed E-state index contributed by atoms with van der Waals surface area (Å²) in [6.45, 7) is 3.79. The minimum absolute atomic E-state index is 0.00990. The average molecular weight is 266 g/mol. The van der Waals surface area contributed by atoms with Gasteiger partial charge in [-0.2, -0.15) is 0 Å². The van der Waals surface area contributed by atoms with Gasteiger partial charge in [-0.15, -0.1) is 11.3 Å². The molecule has 1 aliphatic carbocycles. The van der Waals surface area contributed by atoms with Crippen LogP contribution in [0.5, 0.6) is 0 Å². The number of carbonyl (C=O) groups is 1. The predicted octanol–water partition coefficient (Wildman–Crippen LogP) is 3.86. The van der Waals surface area contributed by atoms with E-state index < -0.39 is 0 Å². The van der Waals surface area contributed by atoms with Crippen molar-refractivity contribution in [3.63, 3.8) is 0 Å². The van der Waals surface area contributed by atoms with Gasteiger partial charge in [0.05, 0.1) is 0 Å². The number of hydrogen-bond acceptors (Lipinski definition) is 3. The lowest BCUT2D eigenvalue weighted by Gasteiger charge is -2.20. The zero-order valence-corrected chi connectivity index (χ0v) is 12.1. The Morgan fingerprint density at radius 3 is 2.83 bits per heavy atom. The van der Waals surface area contributed by atoms with Crippen molar-refractivity contribution in [2.75, 3.05) is 5.32 Å². The fourth-order valence-corrected chi connectivity index (χ4v) is 3.32. The summed E-state index contributed by atoms with van der Waals surface area (Å²) in [6.07, 6.45) is 9.91. The van der Waals surface area contributed by atoms with Crippen molar-refractivity contribution in [2.24, 2.45) is 11.8 Å². The van der Waals surface area contributed by atoms with Gasteiger partial charge in [0, 0.05) is 17.0 Å². The number of nitrogens with one attached hydrogen (secondary N) is 1. The Bertz CT molecular complexity index is 394. The molecular weight excluding hydrogens is 244 g/mol. The van der Waals surface area contributed by atoms with Crippen LogP contribution in [0.15, 0.2) is 6.20 Å². The summed E-state index contributed by atoms with van der Waals surface area (Å²) >= 11 is 1.63. The first-order chi connectivity index (χ1) is 8.65. The summed E-state index contributed by atoms with van der Waals surface area (Å²) in [5.41, 5.74) is 0. The second-order valence-electron chi connectivity index (χ2n) is 5.48. The first-order valence-corrected chi connectivity index (χ1v) is 7.72. The van der Waals surface area contributed by atoms with Gasteiger partial charge in [0.2, 0.25) is 5.91 Å². The lowest BCUT2D eigenvalue weighted by Crippen LogP contribution is -2.17. The smallest absolute Gasteiger partial charge is 0.228 e. The van der Waals surface area contributed by atoms with E-state index in [-0.39, 0.29) is 11.8 Å². The highest BCUT2D eigenvalue weighted by Gasteiger charge is 2.16. The molecule has 0 atom stereocenters. The Labute approximate surface area is 113 Å². The molecule has 0 aliphatic heterocycles. The predicted molar refractivity (Wildman–Crippen MR) is 75.9 cm³/mol. The lowest BCUT2D eigenvalue weighted by atomic mass is 9.87. The summed E-state index contributed by atoms with van der Waals surface area (Å²) in [4.78, 5) is 17.2. The van der Waals surface area contributed by atoms with Crippen molar-refractivity contribution in [1.29, 1.82) is 0 Å². The van der Waals surface area contributed by atoms with Crippen molar-refractivity contribution >= 4 is 22.4 Å². The minimum atomic E-state index is 0.00990. The molecule has 2 rings (SSSR count). The molecule has 0 saturated heterocycles. The molecule has 0 bridgehead atoms. The van der Waals surface area contributed by atoms with Gasteiger partial charge in [-0.05, 0) is 12.3 Å². The van der Waals surface area contributed by atoms with Gasteiger partial charge in [0.25, 0.3) is 0 Å². The molecule has 3 nitrogen and oxygen atoms in total. The van der Waals surface area contributed by atoms with Gasteiger partial charge in [-0.25, -0.2) is 4.98 Å². The Kier molecular flexibility index (Phi) is 4.75. The number of anilines is 1. The number of hydrogen-bond donors (Lipinski definition) is 1. The highest BCUT2D eigenvalue weighted by atomic mass is 32.1. The molecule has 1 N–H and O–H groups in total. The third kappa shape index (κ3) is 3.80. The molecule has 18 heavy (non-hydrogen) atoms. The van der Waals surface area contributed by atoms with Gasteiger partial charge >= 0.3 is 0 Å².